The second kappa shape index (κ2) is 7.84. The van der Waals surface area contributed by atoms with Crippen LogP contribution in [0.5, 0.6) is 0 Å². The zero-order chi connectivity index (χ0) is 20.4. The number of carbonyl (C=O) groups is 2. The Morgan fingerprint density at radius 2 is 1.90 bits per heavy atom. The average molecular weight is 413 g/mol. The van der Waals surface area contributed by atoms with E-state index < -0.39 is 23.0 Å². The Kier molecular flexibility index (Phi) is 5.09. The molecule has 4 aromatic rings. The van der Waals surface area contributed by atoms with Crippen molar-refractivity contribution in [2.75, 3.05) is 0 Å². The minimum Gasteiger partial charge on any atom is -0.358 e. The van der Waals surface area contributed by atoms with Gasteiger partial charge in [-0.25, -0.2) is 8.78 Å². The molecule has 0 aliphatic carbocycles. The molecule has 3 aromatic heterocycles. The second-order valence-electron chi connectivity index (χ2n) is 6.12. The molecule has 7 nitrogen and oxygen atoms in total. The zero-order valence-corrected chi connectivity index (χ0v) is 15.6. The van der Waals surface area contributed by atoms with Gasteiger partial charge in [0, 0.05) is 30.8 Å². The molecule has 146 valence electrons. The van der Waals surface area contributed by atoms with Crippen LogP contribution in [0.4, 0.5) is 8.78 Å². The van der Waals surface area contributed by atoms with Crippen molar-refractivity contribution in [3.8, 4) is 10.7 Å². The van der Waals surface area contributed by atoms with Gasteiger partial charge in [-0.1, -0.05) is 17.4 Å². The molecular formula is C19H13F2N5O2S. The highest BCUT2D eigenvalue weighted by molar-refractivity contribution is 7.14. The first-order chi connectivity index (χ1) is 14.0. The number of hydrogen-bond acceptors (Lipinski definition) is 6. The summed E-state index contributed by atoms with van der Waals surface area (Å²) in [5.41, 5.74) is 0.289. The van der Waals surface area contributed by atoms with Crippen LogP contribution in [0.15, 0.2) is 42.7 Å². The molecular weight excluding hydrogens is 400 g/mol. The monoisotopic (exact) mass is 413 g/mol. The molecule has 0 spiro atoms. The summed E-state index contributed by atoms with van der Waals surface area (Å²) in [6.07, 6.45) is 3.38. The lowest BCUT2D eigenvalue weighted by atomic mass is 10.0. The number of nitrogens with one attached hydrogen (secondary N) is 2. The first-order valence-corrected chi connectivity index (χ1v) is 9.37. The Labute approximate surface area is 166 Å². The quantitative estimate of drug-likeness (QED) is 0.451. The van der Waals surface area contributed by atoms with E-state index >= 15 is 0 Å². The van der Waals surface area contributed by atoms with E-state index in [9.17, 15) is 18.4 Å². The van der Waals surface area contributed by atoms with Crippen LogP contribution in [-0.4, -0.2) is 36.9 Å². The number of nitrogens with zero attached hydrogens (tertiary/aromatic N) is 3. The van der Waals surface area contributed by atoms with E-state index in [0.717, 1.165) is 17.8 Å². The number of aromatic amines is 2. The molecule has 0 aliphatic rings. The summed E-state index contributed by atoms with van der Waals surface area (Å²) in [6, 6.07) is 6.26. The molecule has 0 fully saturated rings. The SMILES string of the molecule is O=C(CCc1nnc(-c2ccn[nH]2)s1)c1cc(C(=O)c2c(F)cccc2F)c[nH]1. The molecule has 0 amide bonds. The highest BCUT2D eigenvalue weighted by Gasteiger charge is 2.21. The van der Waals surface area contributed by atoms with Crippen LogP contribution in [-0.2, 0) is 6.42 Å². The van der Waals surface area contributed by atoms with Crippen molar-refractivity contribution >= 4 is 22.9 Å². The van der Waals surface area contributed by atoms with Crippen molar-refractivity contribution in [3.05, 3.63) is 76.2 Å². The normalized spacial score (nSPS) is 11.0. The van der Waals surface area contributed by atoms with E-state index in [2.05, 4.69) is 25.4 Å². The topological polar surface area (TPSA) is 104 Å². The molecule has 0 saturated heterocycles. The minimum atomic E-state index is -0.951. The number of ketones is 2. The average Bonchev–Trinajstić information content (AvgIpc) is 3.47. The molecule has 29 heavy (non-hydrogen) atoms. The number of benzene rings is 1. The zero-order valence-electron chi connectivity index (χ0n) is 14.8. The van der Waals surface area contributed by atoms with Crippen molar-refractivity contribution in [3.63, 3.8) is 0 Å². The fraction of sp³-hybridized carbons (Fsp3) is 0.105. The highest BCUT2D eigenvalue weighted by Crippen LogP contribution is 2.22. The molecule has 0 atom stereocenters. The molecule has 10 heteroatoms. The summed E-state index contributed by atoms with van der Waals surface area (Å²) >= 11 is 1.35. The summed E-state index contributed by atoms with van der Waals surface area (Å²) in [5.74, 6) is -2.98. The van der Waals surface area contributed by atoms with Crippen LogP contribution in [0.1, 0.15) is 37.8 Å². The van der Waals surface area contributed by atoms with Crippen LogP contribution in [0.3, 0.4) is 0 Å². The molecule has 0 saturated carbocycles. The number of aryl methyl sites for hydroxylation is 1. The molecule has 3 heterocycles. The maximum Gasteiger partial charge on any atom is 0.200 e. The lowest BCUT2D eigenvalue weighted by Gasteiger charge is -2.01. The number of aromatic nitrogens is 5. The number of Topliss-reactive ketones (excluding diaryl/α,β-unsaturated/α-hetero) is 1. The lowest BCUT2D eigenvalue weighted by Crippen LogP contribution is -2.06. The van der Waals surface area contributed by atoms with Gasteiger partial charge in [0.1, 0.15) is 16.6 Å². The largest absolute Gasteiger partial charge is 0.358 e. The van der Waals surface area contributed by atoms with Gasteiger partial charge in [0.05, 0.1) is 17.0 Å². The van der Waals surface area contributed by atoms with Crippen LogP contribution in [0.25, 0.3) is 10.7 Å². The number of rotatable bonds is 7. The molecule has 0 radical (unpaired) electrons. The number of hydrogen-bond donors (Lipinski definition) is 2. The fourth-order valence-electron chi connectivity index (χ4n) is 2.74. The van der Waals surface area contributed by atoms with E-state index in [1.807, 2.05) is 0 Å². The van der Waals surface area contributed by atoms with Crippen molar-refractivity contribution in [1.82, 2.24) is 25.4 Å². The van der Waals surface area contributed by atoms with Crippen LogP contribution >= 0.6 is 11.3 Å². The van der Waals surface area contributed by atoms with E-state index in [-0.39, 0.29) is 23.5 Å². The third kappa shape index (κ3) is 3.87. The molecule has 0 aliphatic heterocycles. The molecule has 4 rings (SSSR count). The fourth-order valence-corrected chi connectivity index (χ4v) is 3.55. The minimum absolute atomic E-state index is 0.00907. The third-order valence-electron chi connectivity index (χ3n) is 4.20. The van der Waals surface area contributed by atoms with E-state index in [4.69, 9.17) is 0 Å². The summed E-state index contributed by atoms with van der Waals surface area (Å²) < 4.78 is 27.6. The van der Waals surface area contributed by atoms with Crippen LogP contribution in [0, 0.1) is 11.6 Å². The Bertz CT molecular complexity index is 1160. The second-order valence-corrected chi connectivity index (χ2v) is 7.18. The Balaban J connectivity index is 1.43. The van der Waals surface area contributed by atoms with E-state index in [1.54, 1.807) is 12.3 Å². The third-order valence-corrected chi connectivity index (χ3v) is 5.22. The van der Waals surface area contributed by atoms with Gasteiger partial charge in [-0.05, 0) is 24.3 Å². The maximum atomic E-state index is 13.8. The number of halogens is 2. The van der Waals surface area contributed by atoms with E-state index in [1.165, 1.54) is 29.7 Å². The van der Waals surface area contributed by atoms with Gasteiger partial charge in [0.25, 0.3) is 0 Å². The van der Waals surface area contributed by atoms with Crippen molar-refractivity contribution in [1.29, 1.82) is 0 Å². The van der Waals surface area contributed by atoms with Gasteiger partial charge in [-0.2, -0.15) is 5.10 Å². The van der Waals surface area contributed by atoms with Crippen molar-refractivity contribution < 1.29 is 18.4 Å². The summed E-state index contributed by atoms with van der Waals surface area (Å²) in [6.45, 7) is 0. The molecule has 1 aromatic carbocycles. The van der Waals surface area contributed by atoms with Gasteiger partial charge >= 0.3 is 0 Å². The van der Waals surface area contributed by atoms with Gasteiger partial charge in [0.2, 0.25) is 0 Å². The lowest BCUT2D eigenvalue weighted by molar-refractivity contribution is 0.0978. The van der Waals surface area contributed by atoms with Crippen molar-refractivity contribution in [2.45, 2.75) is 12.8 Å². The highest BCUT2D eigenvalue weighted by atomic mass is 32.1. The molecule has 0 unspecified atom stereocenters. The molecule has 0 bridgehead atoms. The maximum absolute atomic E-state index is 13.8. The summed E-state index contributed by atoms with van der Waals surface area (Å²) in [5, 5.41) is 16.1. The van der Waals surface area contributed by atoms with Crippen LogP contribution < -0.4 is 0 Å². The van der Waals surface area contributed by atoms with Gasteiger partial charge < -0.3 is 4.98 Å². The van der Waals surface area contributed by atoms with E-state index in [0.29, 0.717) is 16.4 Å². The van der Waals surface area contributed by atoms with Gasteiger partial charge in [-0.15, -0.1) is 10.2 Å². The Morgan fingerprint density at radius 1 is 1.10 bits per heavy atom. The summed E-state index contributed by atoms with van der Waals surface area (Å²) in [4.78, 5) is 27.5. The first kappa shape index (κ1) is 18.8. The molecule has 2 N–H and O–H groups in total. The van der Waals surface area contributed by atoms with Crippen molar-refractivity contribution in [2.24, 2.45) is 0 Å². The Hall–Kier alpha value is -3.53. The first-order valence-electron chi connectivity index (χ1n) is 8.55. The Morgan fingerprint density at radius 3 is 2.62 bits per heavy atom. The number of H-pyrrole nitrogens is 2. The van der Waals surface area contributed by atoms with Crippen LogP contribution in [0.2, 0.25) is 0 Å². The summed E-state index contributed by atoms with van der Waals surface area (Å²) in [7, 11) is 0. The van der Waals surface area contributed by atoms with Gasteiger partial charge in [0.15, 0.2) is 16.6 Å². The predicted octanol–water partition coefficient (Wildman–Crippen LogP) is 3.58. The standard InChI is InChI=1S/C19H13F2N5O2S/c20-11-2-1-3-12(21)17(11)18(28)10-8-14(22-9-10)15(27)4-5-16-25-26-19(29-16)13-6-7-23-24-13/h1-3,6-9,22H,4-5H2,(H,23,24). The number of carbonyl (C=O) groups excluding carboxylic acids is 2. The predicted molar refractivity (Wildman–Crippen MR) is 101 cm³/mol. The van der Waals surface area contributed by atoms with Gasteiger partial charge in [-0.3, -0.25) is 14.7 Å². The smallest absolute Gasteiger partial charge is 0.200 e.